The van der Waals surface area contributed by atoms with Crippen molar-refractivity contribution in [2.75, 3.05) is 19.6 Å². The van der Waals surface area contributed by atoms with Crippen molar-refractivity contribution in [3.8, 4) is 0 Å². The Hall–Kier alpha value is -1.77. The summed E-state index contributed by atoms with van der Waals surface area (Å²) >= 11 is 0. The van der Waals surface area contributed by atoms with E-state index in [4.69, 9.17) is 0 Å². The highest BCUT2D eigenvalue weighted by atomic mass is 15.1. The first kappa shape index (κ1) is 9.46. The van der Waals surface area contributed by atoms with Crippen LogP contribution >= 0.6 is 0 Å². The minimum Gasteiger partial charge on any atom is -0.385 e. The van der Waals surface area contributed by atoms with E-state index in [0.717, 1.165) is 31.9 Å². The normalized spacial score (nSPS) is 18.8. The number of rotatable bonds is 2. The van der Waals surface area contributed by atoms with Crippen LogP contribution in [0.5, 0.6) is 0 Å². The fourth-order valence-electron chi connectivity index (χ4n) is 2.17. The number of hydrogen-bond donors (Lipinski definition) is 3. The molecular weight excluding hydrogens is 198 g/mol. The molecule has 2 heterocycles. The van der Waals surface area contributed by atoms with Crippen molar-refractivity contribution >= 4 is 11.5 Å². The average Bonchev–Trinajstić information content (AvgIpc) is 3.03. The molecule has 1 aromatic rings. The topological polar surface area (TPSA) is 38.0 Å². The lowest BCUT2D eigenvalue weighted by Crippen LogP contribution is -2.70. The third-order valence-electron chi connectivity index (χ3n) is 3.02. The molecule has 0 atom stereocenters. The predicted octanol–water partition coefficient (Wildman–Crippen LogP) is -0.549. The molecule has 0 amide bonds. The number of amidine groups is 1. The van der Waals surface area contributed by atoms with Crippen molar-refractivity contribution < 1.29 is 4.99 Å². The molecule has 2 aliphatic heterocycles. The maximum absolute atomic E-state index is 3.38. The van der Waals surface area contributed by atoms with Gasteiger partial charge in [-0.05, 0) is 24.1 Å². The van der Waals surface area contributed by atoms with Gasteiger partial charge in [0.05, 0.1) is 5.56 Å². The van der Waals surface area contributed by atoms with Gasteiger partial charge in [0.25, 0.3) is 5.84 Å². The van der Waals surface area contributed by atoms with Gasteiger partial charge in [-0.1, -0.05) is 18.2 Å². The molecule has 0 aromatic heterocycles. The highest BCUT2D eigenvalue weighted by Gasteiger charge is 2.15. The molecule has 3 N–H and O–H groups in total. The second kappa shape index (κ2) is 4.00. The molecule has 3 nitrogen and oxygen atoms in total. The molecule has 0 spiro atoms. The summed E-state index contributed by atoms with van der Waals surface area (Å²) in [5.74, 6) is 1.15. The first-order valence-electron chi connectivity index (χ1n) is 5.83. The van der Waals surface area contributed by atoms with Gasteiger partial charge in [-0.2, -0.15) is 0 Å². The minimum absolute atomic E-state index is 1.02. The van der Waals surface area contributed by atoms with E-state index in [9.17, 15) is 0 Å². The van der Waals surface area contributed by atoms with E-state index in [1.165, 1.54) is 16.8 Å². The molecule has 0 aliphatic carbocycles. The van der Waals surface area contributed by atoms with Gasteiger partial charge in [0.2, 0.25) is 0 Å². The van der Waals surface area contributed by atoms with Crippen molar-refractivity contribution in [1.29, 1.82) is 0 Å². The van der Waals surface area contributed by atoms with Crippen LogP contribution in [0.1, 0.15) is 17.5 Å². The highest BCUT2D eigenvalue weighted by molar-refractivity contribution is 5.95. The standard InChI is InChI=1S/C13H15N3/c1-2-12(14-7-1)10-3-5-11(6-4-10)13-15-8-9-16-13/h2-6,14H,1,7-9H2,(H,15,16)/p+1. The summed E-state index contributed by atoms with van der Waals surface area (Å²) in [5, 5.41) is 6.72. The van der Waals surface area contributed by atoms with Gasteiger partial charge in [-0.3, -0.25) is 10.3 Å². The summed E-state index contributed by atoms with van der Waals surface area (Å²) in [6.07, 6.45) is 3.39. The van der Waals surface area contributed by atoms with Crippen LogP contribution in [0.4, 0.5) is 0 Å². The summed E-state index contributed by atoms with van der Waals surface area (Å²) in [4.78, 5) is 3.34. The second-order valence-corrected chi connectivity index (χ2v) is 4.14. The van der Waals surface area contributed by atoms with Crippen LogP contribution in [-0.4, -0.2) is 25.5 Å². The molecule has 3 heteroatoms. The molecule has 0 radical (unpaired) electrons. The van der Waals surface area contributed by atoms with Crippen LogP contribution in [0, 0.1) is 0 Å². The molecule has 3 rings (SSSR count). The van der Waals surface area contributed by atoms with Crippen molar-refractivity contribution in [2.24, 2.45) is 0 Å². The Bertz CT molecular complexity index is 400. The molecular formula is C13H16N3+. The fraction of sp³-hybridized carbons (Fsp3) is 0.308. The van der Waals surface area contributed by atoms with Crippen LogP contribution in [0.3, 0.4) is 0 Å². The zero-order valence-electron chi connectivity index (χ0n) is 9.22. The molecule has 0 fully saturated rings. The van der Waals surface area contributed by atoms with E-state index in [2.05, 4.69) is 46.0 Å². The van der Waals surface area contributed by atoms with Crippen LogP contribution in [0.25, 0.3) is 5.70 Å². The van der Waals surface area contributed by atoms with Crippen molar-refractivity contribution in [1.82, 2.24) is 10.6 Å². The highest BCUT2D eigenvalue weighted by Crippen LogP contribution is 2.16. The number of benzene rings is 1. The second-order valence-electron chi connectivity index (χ2n) is 4.14. The summed E-state index contributed by atoms with van der Waals surface area (Å²) in [6, 6.07) is 8.68. The molecule has 0 saturated carbocycles. The molecule has 16 heavy (non-hydrogen) atoms. The first-order valence-corrected chi connectivity index (χ1v) is 5.83. The molecule has 0 unspecified atom stereocenters. The Morgan fingerprint density at radius 3 is 2.38 bits per heavy atom. The Labute approximate surface area is 95.3 Å². The lowest BCUT2D eigenvalue weighted by atomic mass is 10.1. The van der Waals surface area contributed by atoms with E-state index in [1.54, 1.807) is 0 Å². The van der Waals surface area contributed by atoms with Gasteiger partial charge in [0, 0.05) is 12.2 Å². The predicted molar refractivity (Wildman–Crippen MR) is 65.0 cm³/mol. The fourth-order valence-corrected chi connectivity index (χ4v) is 2.17. The average molecular weight is 214 g/mol. The molecule has 82 valence electrons. The van der Waals surface area contributed by atoms with Gasteiger partial charge in [-0.15, -0.1) is 0 Å². The molecule has 2 aliphatic rings. The van der Waals surface area contributed by atoms with Gasteiger partial charge in [-0.25, -0.2) is 0 Å². The monoisotopic (exact) mass is 214 g/mol. The first-order chi connectivity index (χ1) is 7.93. The summed E-state index contributed by atoms with van der Waals surface area (Å²) in [7, 11) is 0. The maximum atomic E-state index is 3.38. The quantitative estimate of drug-likeness (QED) is 0.618. The SMILES string of the molecule is C1=C(c2ccc(C3=[NH+]CCN3)cc2)NCC1. The maximum Gasteiger partial charge on any atom is 0.275 e. The number of hydrogen-bond acceptors (Lipinski definition) is 2. The Balaban J connectivity index is 1.84. The summed E-state index contributed by atoms with van der Waals surface area (Å²) in [6.45, 7) is 3.10. The van der Waals surface area contributed by atoms with Crippen molar-refractivity contribution in [3.63, 3.8) is 0 Å². The third-order valence-corrected chi connectivity index (χ3v) is 3.02. The molecule has 0 bridgehead atoms. The smallest absolute Gasteiger partial charge is 0.275 e. The van der Waals surface area contributed by atoms with E-state index in [1.807, 2.05) is 0 Å². The minimum atomic E-state index is 1.02. The van der Waals surface area contributed by atoms with Crippen molar-refractivity contribution in [2.45, 2.75) is 6.42 Å². The van der Waals surface area contributed by atoms with E-state index < -0.39 is 0 Å². The van der Waals surface area contributed by atoms with Crippen LogP contribution in [0.2, 0.25) is 0 Å². The Morgan fingerprint density at radius 1 is 0.938 bits per heavy atom. The van der Waals surface area contributed by atoms with Crippen LogP contribution in [0.15, 0.2) is 30.3 Å². The lowest BCUT2D eigenvalue weighted by Gasteiger charge is -2.04. The molecule has 0 saturated heterocycles. The van der Waals surface area contributed by atoms with Gasteiger partial charge >= 0.3 is 0 Å². The lowest BCUT2D eigenvalue weighted by molar-refractivity contribution is -0.444. The van der Waals surface area contributed by atoms with Gasteiger partial charge in [0.1, 0.15) is 13.1 Å². The van der Waals surface area contributed by atoms with E-state index >= 15 is 0 Å². The van der Waals surface area contributed by atoms with E-state index in [-0.39, 0.29) is 0 Å². The van der Waals surface area contributed by atoms with Crippen LogP contribution in [-0.2, 0) is 0 Å². The third kappa shape index (κ3) is 1.69. The van der Waals surface area contributed by atoms with Gasteiger partial charge < -0.3 is 5.32 Å². The largest absolute Gasteiger partial charge is 0.385 e. The summed E-state index contributed by atoms with van der Waals surface area (Å²) < 4.78 is 0. The summed E-state index contributed by atoms with van der Waals surface area (Å²) in [5.41, 5.74) is 3.78. The number of nitrogens with one attached hydrogen (secondary N) is 3. The van der Waals surface area contributed by atoms with Crippen LogP contribution < -0.4 is 15.6 Å². The Morgan fingerprint density at radius 2 is 1.75 bits per heavy atom. The van der Waals surface area contributed by atoms with E-state index in [0.29, 0.717) is 0 Å². The zero-order valence-corrected chi connectivity index (χ0v) is 9.22. The van der Waals surface area contributed by atoms with Crippen molar-refractivity contribution in [3.05, 3.63) is 41.5 Å². The Kier molecular flexibility index (Phi) is 2.37. The van der Waals surface area contributed by atoms with Gasteiger partial charge in [0.15, 0.2) is 0 Å². The zero-order chi connectivity index (χ0) is 10.8. The molecule has 1 aromatic carbocycles.